The largest absolute Gasteiger partial charge is 0.504 e. The van der Waals surface area contributed by atoms with Crippen molar-refractivity contribution in [2.24, 2.45) is 0 Å². The molecule has 2 aromatic rings. The van der Waals surface area contributed by atoms with Crippen LogP contribution in [0.15, 0.2) is 24.3 Å². The first-order chi connectivity index (χ1) is 11.0. The summed E-state index contributed by atoms with van der Waals surface area (Å²) < 4.78 is 19.0. The normalized spacial score (nSPS) is 14.4. The van der Waals surface area contributed by atoms with Gasteiger partial charge in [0.25, 0.3) is 0 Å². The van der Waals surface area contributed by atoms with E-state index in [4.69, 9.17) is 4.74 Å². The van der Waals surface area contributed by atoms with Crippen LogP contribution in [0.4, 0.5) is 4.39 Å². The van der Waals surface area contributed by atoms with Crippen molar-refractivity contribution < 1.29 is 24.1 Å². The molecule has 2 N–H and O–H groups in total. The van der Waals surface area contributed by atoms with Gasteiger partial charge in [-0.2, -0.15) is 0 Å². The fraction of sp³-hybridized carbons (Fsp3) is 0.389. The molecule has 0 heterocycles. The number of phenolic OH excluding ortho intramolecular Hbond substituents is 2. The molecule has 0 bridgehead atoms. The highest BCUT2D eigenvalue weighted by Gasteiger charge is 2.35. The van der Waals surface area contributed by atoms with Crippen LogP contribution in [0, 0.1) is 5.82 Å². The van der Waals surface area contributed by atoms with Crippen LogP contribution < -0.4 is 0 Å². The van der Waals surface area contributed by atoms with Gasteiger partial charge in [-0.05, 0) is 50.3 Å². The first-order valence-corrected chi connectivity index (χ1v) is 8.64. The van der Waals surface area contributed by atoms with E-state index in [1.807, 2.05) is 13.8 Å². The number of hydrogen-bond acceptors (Lipinski definition) is 4. The number of carbonyl (C=O) groups excluding carboxylic acids is 1. The van der Waals surface area contributed by atoms with Crippen molar-refractivity contribution in [3.63, 3.8) is 0 Å². The van der Waals surface area contributed by atoms with E-state index in [-0.39, 0.29) is 11.4 Å². The molecule has 0 spiro atoms. The molecule has 1 unspecified atom stereocenters. The second-order valence-corrected chi connectivity index (χ2v) is 8.83. The fourth-order valence-corrected chi connectivity index (χ4v) is 2.36. The van der Waals surface area contributed by atoms with Crippen molar-refractivity contribution in [2.75, 3.05) is 0 Å². The quantitative estimate of drug-likeness (QED) is 0.307. The van der Waals surface area contributed by atoms with Crippen molar-refractivity contribution in [1.29, 1.82) is 0 Å². The Labute approximate surface area is 153 Å². The van der Waals surface area contributed by atoms with Gasteiger partial charge in [-0.3, -0.25) is 4.79 Å². The number of phenols is 2. The third-order valence-corrected chi connectivity index (χ3v) is 5.37. The van der Waals surface area contributed by atoms with Crippen LogP contribution in [0.1, 0.15) is 39.7 Å². The molecule has 0 aromatic heterocycles. The van der Waals surface area contributed by atoms with Crippen molar-refractivity contribution >= 4 is 39.3 Å². The maximum Gasteiger partial charge on any atom is 0.322 e. The van der Waals surface area contributed by atoms with E-state index in [1.54, 1.807) is 26.0 Å². The van der Waals surface area contributed by atoms with Gasteiger partial charge in [0.2, 0.25) is 0 Å². The minimum Gasteiger partial charge on any atom is -0.504 e. The van der Waals surface area contributed by atoms with Gasteiger partial charge in [0, 0.05) is 5.39 Å². The standard InChI is InChI=1S/C18H20FIO4/c1-5-18(4,20)16(23)24-17(2,3)11-6-7-12-10(8-11)9-13(21)15(22)14(12)19/h6-9,21-22H,5H2,1-4H3. The van der Waals surface area contributed by atoms with E-state index < -0.39 is 26.3 Å². The first-order valence-electron chi connectivity index (χ1n) is 7.56. The predicted molar refractivity (Wildman–Crippen MR) is 99.1 cm³/mol. The van der Waals surface area contributed by atoms with Gasteiger partial charge in [0.15, 0.2) is 17.3 Å². The van der Waals surface area contributed by atoms with E-state index in [1.165, 1.54) is 12.1 Å². The van der Waals surface area contributed by atoms with Crippen LogP contribution in [0.25, 0.3) is 10.8 Å². The summed E-state index contributed by atoms with van der Waals surface area (Å²) in [5, 5.41) is 19.7. The Bertz CT molecular complexity index is 799. The van der Waals surface area contributed by atoms with E-state index in [0.29, 0.717) is 17.4 Å². The van der Waals surface area contributed by atoms with Crippen molar-refractivity contribution in [3.05, 3.63) is 35.6 Å². The zero-order valence-corrected chi connectivity index (χ0v) is 16.1. The number of ether oxygens (including phenoxy) is 1. The molecule has 0 aliphatic rings. The highest BCUT2D eigenvalue weighted by molar-refractivity contribution is 14.1. The van der Waals surface area contributed by atoms with Gasteiger partial charge in [0.1, 0.15) is 9.02 Å². The Balaban J connectivity index is 2.44. The number of aromatic hydroxyl groups is 2. The molecule has 0 saturated carbocycles. The number of esters is 1. The number of fused-ring (bicyclic) bond motifs is 1. The van der Waals surface area contributed by atoms with Gasteiger partial charge in [0.05, 0.1) is 0 Å². The predicted octanol–water partition coefficient (Wildman–Crippen LogP) is 4.77. The molecule has 0 saturated heterocycles. The lowest BCUT2D eigenvalue weighted by molar-refractivity contribution is -0.159. The van der Waals surface area contributed by atoms with Crippen molar-refractivity contribution in [2.45, 2.75) is 43.1 Å². The second-order valence-electron chi connectivity index (χ2n) is 6.45. The molecular weight excluding hydrogens is 426 g/mol. The first kappa shape index (κ1) is 18.8. The monoisotopic (exact) mass is 446 g/mol. The van der Waals surface area contributed by atoms with Crippen LogP contribution in [-0.2, 0) is 15.1 Å². The molecular formula is C18H20FIO4. The number of rotatable bonds is 4. The summed E-state index contributed by atoms with van der Waals surface area (Å²) in [6.07, 6.45) is 0.637. The Morgan fingerprint density at radius 1 is 1.25 bits per heavy atom. The average molecular weight is 446 g/mol. The number of hydrogen-bond donors (Lipinski definition) is 2. The van der Waals surface area contributed by atoms with Gasteiger partial charge >= 0.3 is 5.97 Å². The number of carbonyl (C=O) groups is 1. The fourth-order valence-electron chi connectivity index (χ4n) is 2.25. The maximum atomic E-state index is 14.0. The summed E-state index contributed by atoms with van der Waals surface area (Å²) in [6, 6.07) is 6.06. The lowest BCUT2D eigenvalue weighted by Gasteiger charge is -2.30. The van der Waals surface area contributed by atoms with Gasteiger partial charge < -0.3 is 14.9 Å². The molecule has 0 fully saturated rings. The van der Waals surface area contributed by atoms with Crippen LogP contribution in [0.5, 0.6) is 11.5 Å². The summed E-state index contributed by atoms with van der Waals surface area (Å²) >= 11 is 2.07. The number of halogens is 2. The van der Waals surface area contributed by atoms with E-state index in [0.717, 1.165) is 0 Å². The molecule has 0 aliphatic heterocycles. The van der Waals surface area contributed by atoms with E-state index >= 15 is 0 Å². The summed E-state index contributed by atoms with van der Waals surface area (Å²) in [6.45, 7) is 7.23. The number of benzene rings is 2. The van der Waals surface area contributed by atoms with Gasteiger partial charge in [-0.1, -0.05) is 41.6 Å². The number of alkyl halides is 1. The minimum absolute atomic E-state index is 0.184. The Kier molecular flexibility index (Phi) is 4.99. The van der Waals surface area contributed by atoms with Gasteiger partial charge in [-0.25, -0.2) is 4.39 Å². The van der Waals surface area contributed by atoms with Crippen molar-refractivity contribution in [3.8, 4) is 11.5 Å². The summed E-state index contributed by atoms with van der Waals surface area (Å²) in [5.74, 6) is -2.50. The average Bonchev–Trinajstić information content (AvgIpc) is 2.51. The Morgan fingerprint density at radius 2 is 1.88 bits per heavy atom. The summed E-state index contributed by atoms with van der Waals surface area (Å²) in [5.41, 5.74) is -0.257. The SMILES string of the molecule is CCC(C)(I)C(=O)OC(C)(C)c1ccc2c(F)c(O)c(O)cc2c1. The lowest BCUT2D eigenvalue weighted by Crippen LogP contribution is -2.36. The molecule has 6 heteroatoms. The molecule has 130 valence electrons. The molecule has 4 nitrogen and oxygen atoms in total. The minimum atomic E-state index is -0.920. The van der Waals surface area contributed by atoms with E-state index in [9.17, 15) is 19.4 Å². The zero-order valence-electron chi connectivity index (χ0n) is 14.0. The Hall–Kier alpha value is -1.57. The summed E-state index contributed by atoms with van der Waals surface area (Å²) in [7, 11) is 0. The van der Waals surface area contributed by atoms with Crippen molar-refractivity contribution in [1.82, 2.24) is 0 Å². The molecule has 2 rings (SSSR count). The highest BCUT2D eigenvalue weighted by Crippen LogP contribution is 2.37. The summed E-state index contributed by atoms with van der Waals surface area (Å²) in [4.78, 5) is 12.3. The molecule has 24 heavy (non-hydrogen) atoms. The third-order valence-electron chi connectivity index (χ3n) is 4.16. The second kappa shape index (κ2) is 6.38. The molecule has 0 radical (unpaired) electrons. The third kappa shape index (κ3) is 3.43. The molecule has 0 aliphatic carbocycles. The smallest absolute Gasteiger partial charge is 0.322 e. The Morgan fingerprint density at radius 3 is 2.46 bits per heavy atom. The van der Waals surface area contributed by atoms with Gasteiger partial charge in [-0.15, -0.1) is 0 Å². The van der Waals surface area contributed by atoms with E-state index in [2.05, 4.69) is 22.6 Å². The maximum absolute atomic E-state index is 14.0. The van der Waals surface area contributed by atoms with Crippen LogP contribution >= 0.6 is 22.6 Å². The molecule has 1 atom stereocenters. The highest BCUT2D eigenvalue weighted by atomic mass is 127. The van der Waals surface area contributed by atoms with Crippen LogP contribution in [0.2, 0.25) is 0 Å². The topological polar surface area (TPSA) is 66.8 Å². The zero-order chi connectivity index (χ0) is 18.3. The molecule has 2 aromatic carbocycles. The lowest BCUT2D eigenvalue weighted by atomic mass is 9.94. The molecule has 0 amide bonds. The van der Waals surface area contributed by atoms with Crippen LogP contribution in [-0.4, -0.2) is 19.6 Å². The van der Waals surface area contributed by atoms with Crippen LogP contribution in [0.3, 0.4) is 0 Å².